The van der Waals surface area contributed by atoms with Crippen molar-refractivity contribution in [3.8, 4) is 0 Å². The Bertz CT molecular complexity index is 175. The molecule has 0 N–H and O–H groups in total. The third-order valence-corrected chi connectivity index (χ3v) is 1.31. The predicted octanol–water partition coefficient (Wildman–Crippen LogP) is 2.48. The van der Waals surface area contributed by atoms with Crippen LogP contribution in [-0.2, 0) is 4.74 Å². The largest absolute Gasteiger partial charge is 0.461 e. The zero-order valence-electron chi connectivity index (χ0n) is 6.65. The van der Waals surface area contributed by atoms with Crippen molar-refractivity contribution >= 4 is 6.09 Å². The predicted molar refractivity (Wildman–Crippen MR) is 39.9 cm³/mol. The highest BCUT2D eigenvalue weighted by Gasteiger charge is 2.02. The molecule has 1 amide bonds. The normalized spacial score (nSPS) is 11.5. The molecule has 0 bridgehead atoms. The summed E-state index contributed by atoms with van der Waals surface area (Å²) >= 11 is 0. The Morgan fingerprint density at radius 2 is 2.45 bits per heavy atom. The highest BCUT2D eigenvalue weighted by atomic mass is 16.5. The average Bonchev–Trinajstić information content (AvgIpc) is 2.01. The lowest BCUT2D eigenvalue weighted by Crippen LogP contribution is -2.07. The van der Waals surface area contributed by atoms with Crippen LogP contribution in [0.2, 0.25) is 0 Å². The number of ether oxygens (including phenoxy) is 1. The minimum atomic E-state index is -0.854. The molecule has 11 heavy (non-hydrogen) atoms. The molecule has 0 radical (unpaired) electrons. The molecule has 0 aliphatic carbocycles. The molecule has 0 fully saturated rings. The molecular formula is C6H11N3O2. The topological polar surface area (TPSA) is 75.1 Å². The molecule has 62 valence electrons. The van der Waals surface area contributed by atoms with Crippen LogP contribution >= 0.6 is 0 Å². The summed E-state index contributed by atoms with van der Waals surface area (Å²) < 4.78 is 4.58. The monoisotopic (exact) mass is 157 g/mol. The summed E-state index contributed by atoms with van der Waals surface area (Å²) in [4.78, 5) is 12.7. The molecule has 5 nitrogen and oxygen atoms in total. The third-order valence-electron chi connectivity index (χ3n) is 1.31. The van der Waals surface area contributed by atoms with Crippen LogP contribution in [0.5, 0.6) is 0 Å². The zero-order valence-corrected chi connectivity index (χ0v) is 6.65. The number of nitrogens with zero attached hydrogens (tertiary/aromatic N) is 3. The number of hydrogen-bond acceptors (Lipinski definition) is 2. The molecule has 0 aromatic heterocycles. The van der Waals surface area contributed by atoms with Crippen molar-refractivity contribution in [1.29, 1.82) is 0 Å². The average molecular weight is 157 g/mol. The molecule has 1 atom stereocenters. The first-order chi connectivity index (χ1) is 5.20. The maximum atomic E-state index is 10.4. The second kappa shape index (κ2) is 5.56. The van der Waals surface area contributed by atoms with Gasteiger partial charge in [-0.15, -0.1) is 0 Å². The van der Waals surface area contributed by atoms with Crippen LogP contribution in [0.3, 0.4) is 0 Å². The molecule has 5 heteroatoms. The van der Waals surface area contributed by atoms with E-state index in [9.17, 15) is 4.79 Å². The van der Waals surface area contributed by atoms with E-state index in [4.69, 9.17) is 5.53 Å². The van der Waals surface area contributed by atoms with Crippen molar-refractivity contribution < 1.29 is 9.53 Å². The highest BCUT2D eigenvalue weighted by Crippen LogP contribution is 2.01. The molecule has 0 saturated carbocycles. The summed E-state index contributed by atoms with van der Waals surface area (Å²) in [5, 5.41) is 2.75. The number of hydrogen-bond donors (Lipinski definition) is 0. The number of amides is 1. The molecule has 0 spiro atoms. The Morgan fingerprint density at radius 1 is 1.82 bits per heavy atom. The van der Waals surface area contributed by atoms with Gasteiger partial charge in [0.15, 0.2) is 0 Å². The van der Waals surface area contributed by atoms with Crippen molar-refractivity contribution in [2.24, 2.45) is 11.0 Å². The smallest absolute Gasteiger partial charge is 0.396 e. The minimum absolute atomic E-state index is 0.313. The summed E-state index contributed by atoms with van der Waals surface area (Å²) in [6, 6.07) is 0. The van der Waals surface area contributed by atoms with E-state index in [2.05, 4.69) is 14.8 Å². The van der Waals surface area contributed by atoms with Crippen LogP contribution in [0.15, 0.2) is 5.11 Å². The van der Waals surface area contributed by atoms with Gasteiger partial charge in [0, 0.05) is 10.0 Å². The van der Waals surface area contributed by atoms with Crippen molar-refractivity contribution in [3.05, 3.63) is 10.4 Å². The van der Waals surface area contributed by atoms with Gasteiger partial charge in [-0.1, -0.05) is 20.3 Å². The zero-order chi connectivity index (χ0) is 8.69. The van der Waals surface area contributed by atoms with Gasteiger partial charge >= 0.3 is 6.09 Å². The molecule has 0 unspecified atom stereocenters. The van der Waals surface area contributed by atoms with Gasteiger partial charge in [-0.05, 0) is 11.4 Å². The highest BCUT2D eigenvalue weighted by molar-refractivity contribution is 5.67. The van der Waals surface area contributed by atoms with Crippen LogP contribution in [0.1, 0.15) is 20.3 Å². The Balaban J connectivity index is 3.53. The standard InChI is InChI=1S/C6H11N3O2/c1-3-5(2)4-11-6(10)8-9-7/h5H,3-4H2,1-2H3/t5-/m1/s1. The Labute approximate surface area is 65.0 Å². The summed E-state index contributed by atoms with van der Waals surface area (Å²) in [7, 11) is 0. The summed E-state index contributed by atoms with van der Waals surface area (Å²) in [6.45, 7) is 4.25. The molecule has 0 rings (SSSR count). The SMILES string of the molecule is CC[C@@H](C)COC(=O)N=[N+]=[N-]. The lowest BCUT2D eigenvalue weighted by Gasteiger charge is -2.06. The first kappa shape index (κ1) is 9.78. The van der Waals surface area contributed by atoms with Gasteiger partial charge in [0.25, 0.3) is 0 Å². The molecule has 0 aromatic rings. The Kier molecular flexibility index (Phi) is 4.94. The first-order valence-electron chi connectivity index (χ1n) is 3.42. The number of rotatable bonds is 3. The van der Waals surface area contributed by atoms with Gasteiger partial charge in [-0.25, -0.2) is 4.79 Å². The fourth-order valence-electron chi connectivity index (χ4n) is 0.397. The fourth-order valence-corrected chi connectivity index (χ4v) is 0.397. The molecule has 0 aromatic carbocycles. The Hall–Kier alpha value is -1.22. The minimum Gasteiger partial charge on any atom is -0.461 e. The fraction of sp³-hybridized carbons (Fsp3) is 0.833. The van der Waals surface area contributed by atoms with Gasteiger partial charge in [0.05, 0.1) is 6.61 Å². The summed E-state index contributed by atoms with van der Waals surface area (Å²) in [5.41, 5.74) is 7.82. The van der Waals surface area contributed by atoms with Crippen molar-refractivity contribution in [3.63, 3.8) is 0 Å². The number of azide groups is 1. The van der Waals surface area contributed by atoms with Gasteiger partial charge < -0.3 is 4.74 Å². The molecule has 0 saturated heterocycles. The first-order valence-corrected chi connectivity index (χ1v) is 3.42. The van der Waals surface area contributed by atoms with Crippen LogP contribution < -0.4 is 0 Å². The van der Waals surface area contributed by atoms with Crippen molar-refractivity contribution in [2.75, 3.05) is 6.61 Å². The summed E-state index contributed by atoms with van der Waals surface area (Å²) in [5.74, 6) is 0.313. The Morgan fingerprint density at radius 3 is 2.91 bits per heavy atom. The van der Waals surface area contributed by atoms with Gasteiger partial charge in [-0.2, -0.15) is 0 Å². The molecule has 0 aliphatic rings. The van der Waals surface area contributed by atoms with E-state index in [-0.39, 0.29) is 0 Å². The van der Waals surface area contributed by atoms with Gasteiger partial charge in [0.2, 0.25) is 0 Å². The van der Waals surface area contributed by atoms with E-state index in [1.54, 1.807) is 0 Å². The van der Waals surface area contributed by atoms with Gasteiger partial charge in [0.1, 0.15) is 0 Å². The van der Waals surface area contributed by atoms with Crippen LogP contribution in [0.4, 0.5) is 4.79 Å². The van der Waals surface area contributed by atoms with Crippen LogP contribution in [-0.4, -0.2) is 12.7 Å². The van der Waals surface area contributed by atoms with E-state index in [1.807, 2.05) is 13.8 Å². The third kappa shape index (κ3) is 5.24. The quantitative estimate of drug-likeness (QED) is 0.358. The number of carbonyl (C=O) groups excluding carboxylic acids is 1. The van der Waals surface area contributed by atoms with Crippen LogP contribution in [0.25, 0.3) is 10.4 Å². The van der Waals surface area contributed by atoms with E-state index in [0.717, 1.165) is 6.42 Å². The van der Waals surface area contributed by atoms with E-state index in [0.29, 0.717) is 12.5 Å². The molecular weight excluding hydrogens is 146 g/mol. The lowest BCUT2D eigenvalue weighted by molar-refractivity contribution is 0.139. The summed E-state index contributed by atoms with van der Waals surface area (Å²) in [6.07, 6.45) is 0.0802. The maximum absolute atomic E-state index is 10.4. The second-order valence-electron chi connectivity index (χ2n) is 2.28. The van der Waals surface area contributed by atoms with Crippen LogP contribution in [0, 0.1) is 5.92 Å². The van der Waals surface area contributed by atoms with E-state index >= 15 is 0 Å². The number of carbonyl (C=O) groups is 1. The van der Waals surface area contributed by atoms with Gasteiger partial charge in [-0.3, -0.25) is 0 Å². The maximum Gasteiger partial charge on any atom is 0.396 e. The second-order valence-corrected chi connectivity index (χ2v) is 2.28. The lowest BCUT2D eigenvalue weighted by atomic mass is 10.1. The van der Waals surface area contributed by atoms with Crippen molar-refractivity contribution in [1.82, 2.24) is 0 Å². The van der Waals surface area contributed by atoms with E-state index in [1.165, 1.54) is 0 Å². The molecule has 0 heterocycles. The van der Waals surface area contributed by atoms with E-state index < -0.39 is 6.09 Å². The molecule has 0 aliphatic heterocycles. The van der Waals surface area contributed by atoms with Crippen molar-refractivity contribution in [2.45, 2.75) is 20.3 Å².